The highest BCUT2D eigenvalue weighted by Crippen LogP contribution is 2.38. The Morgan fingerprint density at radius 3 is 1.83 bits per heavy atom. The van der Waals surface area contributed by atoms with E-state index in [1.165, 1.54) is 63.3 Å². The Morgan fingerprint density at radius 1 is 0.699 bits per heavy atom. The lowest BCUT2D eigenvalue weighted by atomic mass is 10.0. The molecule has 0 aliphatic carbocycles. The zero-order valence-corrected chi connectivity index (χ0v) is 48.7. The number of anilines is 3. The molecule has 83 heavy (non-hydrogen) atoms. The molecule has 2 aliphatic heterocycles. The summed E-state index contributed by atoms with van der Waals surface area (Å²) in [5, 5.41) is 13.1. The maximum absolute atomic E-state index is 14.3. The lowest BCUT2D eigenvalue weighted by molar-refractivity contribution is -0.154. The number of carbonyl (C=O) groups is 9. The van der Waals surface area contributed by atoms with Crippen molar-refractivity contribution >= 4 is 70.9 Å². The van der Waals surface area contributed by atoms with Crippen LogP contribution >= 0.6 is 0 Å². The van der Waals surface area contributed by atoms with Crippen molar-refractivity contribution in [3.63, 3.8) is 0 Å². The number of esters is 2. The van der Waals surface area contributed by atoms with Crippen LogP contribution in [0.3, 0.4) is 0 Å². The predicted octanol–water partition coefficient (Wildman–Crippen LogP) is 7.71. The lowest BCUT2D eigenvalue weighted by Crippen LogP contribution is -2.53. The number of amides is 7. The van der Waals surface area contributed by atoms with E-state index >= 15 is 0 Å². The van der Waals surface area contributed by atoms with E-state index in [2.05, 4.69) is 33.2 Å². The first-order chi connectivity index (χ1) is 39.4. The molecule has 3 aromatic rings. The summed E-state index contributed by atoms with van der Waals surface area (Å²) < 4.78 is 50.5. The number of nitrogens with one attached hydrogen (secondary N) is 5. The highest BCUT2D eigenvalue weighted by Gasteiger charge is 2.36. The molecule has 0 bridgehead atoms. The number of methoxy groups -OCH3 is 2. The maximum Gasteiger partial charge on any atom is 0.412 e. The molecular formula is C58H77N7O18. The van der Waals surface area contributed by atoms with E-state index in [1.54, 1.807) is 70.7 Å². The summed E-state index contributed by atoms with van der Waals surface area (Å²) in [7, 11) is 2.77. The fourth-order valence-electron chi connectivity index (χ4n) is 8.62. The van der Waals surface area contributed by atoms with Crippen LogP contribution in [0.4, 0.5) is 31.4 Å². The highest BCUT2D eigenvalue weighted by molar-refractivity contribution is 6.05. The van der Waals surface area contributed by atoms with Crippen molar-refractivity contribution in [2.45, 2.75) is 130 Å². The zero-order valence-electron chi connectivity index (χ0n) is 48.7. The number of alkyl carbamates (subject to hydrolysis) is 1. The van der Waals surface area contributed by atoms with Crippen molar-refractivity contribution in [2.75, 3.05) is 69.7 Å². The van der Waals surface area contributed by atoms with Gasteiger partial charge in [-0.3, -0.25) is 39.4 Å². The molecule has 2 unspecified atom stereocenters. The summed E-state index contributed by atoms with van der Waals surface area (Å²) in [4.78, 5) is 120. The summed E-state index contributed by atoms with van der Waals surface area (Å²) in [6.45, 7) is 16.8. The van der Waals surface area contributed by atoms with Crippen LogP contribution in [0.25, 0.3) is 0 Å². The molecule has 25 nitrogen and oxygen atoms in total. The van der Waals surface area contributed by atoms with Gasteiger partial charge in [0.2, 0.25) is 11.8 Å². The van der Waals surface area contributed by atoms with Crippen molar-refractivity contribution < 1.29 is 85.8 Å². The number of likely N-dealkylation sites (tertiary alicyclic amines) is 2. The summed E-state index contributed by atoms with van der Waals surface area (Å²) in [6.07, 6.45) is 0.632. The smallest absolute Gasteiger partial charge is 0.412 e. The molecule has 2 saturated heterocycles. The van der Waals surface area contributed by atoms with Crippen LogP contribution in [-0.4, -0.2) is 147 Å². The van der Waals surface area contributed by atoms with Crippen LogP contribution in [0.2, 0.25) is 0 Å². The summed E-state index contributed by atoms with van der Waals surface area (Å²) in [5.41, 5.74) is 0.178. The fraction of sp³-hybridized carbons (Fsp3) is 0.500. The third kappa shape index (κ3) is 19.4. The Kier molecular flexibility index (Phi) is 24.2. The predicted molar refractivity (Wildman–Crippen MR) is 302 cm³/mol. The molecule has 25 heteroatoms. The Balaban J connectivity index is 1.28. The first kappa shape index (κ1) is 65.0. The second-order valence-corrected chi connectivity index (χ2v) is 20.7. The zero-order chi connectivity index (χ0) is 61.0. The second-order valence-electron chi connectivity index (χ2n) is 20.7. The summed E-state index contributed by atoms with van der Waals surface area (Å²) >= 11 is 0. The first-order valence-corrected chi connectivity index (χ1v) is 27.3. The Labute approximate surface area is 482 Å². The van der Waals surface area contributed by atoms with Crippen LogP contribution in [0.1, 0.15) is 120 Å². The van der Waals surface area contributed by atoms with Crippen LogP contribution < -0.4 is 45.5 Å². The number of hydrogen-bond donors (Lipinski definition) is 5. The molecule has 5 N–H and O–H groups in total. The number of carbonyl (C=O) groups excluding carboxylic acids is 9. The van der Waals surface area contributed by atoms with Gasteiger partial charge in [0.1, 0.15) is 37.5 Å². The average Bonchev–Trinajstić information content (AvgIpc) is 4.32. The number of ether oxygens (including phenoxy) is 9. The van der Waals surface area contributed by atoms with Gasteiger partial charge in [-0.1, -0.05) is 45.6 Å². The van der Waals surface area contributed by atoms with Gasteiger partial charge in [0.05, 0.1) is 56.0 Å². The highest BCUT2D eigenvalue weighted by atomic mass is 16.6. The third-order valence-corrected chi connectivity index (χ3v) is 12.8. The standard InChI is InChI=1S/C58H77N7O18/c1-12-25-79-56(73)63-50(34(3)4)52(69)59-35(5)51(68)60-38-21-19-37(20-22-38)32-81-55(72)61-42-30-46(44(75-10)28-40(42)53(70)64-23-14-17-39(64)33-80-36(6)66)77-26-16-27-78-47-31-43(62-57(74)83-58(7,8)9)41(29-45(47)76-11)54(71)65-24-15-18-48(65)82-49(67)13-2/h12,19-22,28-31,34-35,39,48,50H,1,13-18,23-27,32-33H2,2-11H3,(H,59,69)(H,60,68)(H,61,72)(H,62,74)(H,63,73)/t35?,39-,48-,50?/m0/s1. The van der Waals surface area contributed by atoms with E-state index in [-0.39, 0.29) is 97.3 Å². The van der Waals surface area contributed by atoms with Gasteiger partial charge in [-0.2, -0.15) is 0 Å². The van der Waals surface area contributed by atoms with Crippen LogP contribution in [0.15, 0.2) is 61.2 Å². The number of benzene rings is 3. The van der Waals surface area contributed by atoms with Gasteiger partial charge in [-0.05, 0) is 82.7 Å². The Bertz CT molecular complexity index is 2820. The van der Waals surface area contributed by atoms with Gasteiger partial charge in [0.15, 0.2) is 29.2 Å². The quantitative estimate of drug-likeness (QED) is 0.0222. The Morgan fingerprint density at radius 2 is 1.28 bits per heavy atom. The van der Waals surface area contributed by atoms with E-state index < -0.39 is 83.8 Å². The maximum atomic E-state index is 14.3. The third-order valence-electron chi connectivity index (χ3n) is 12.8. The molecule has 3 aromatic carbocycles. The molecule has 452 valence electrons. The topological polar surface area (TPSA) is 303 Å². The summed E-state index contributed by atoms with van der Waals surface area (Å²) in [5.74, 6) is -2.80. The minimum atomic E-state index is -0.997. The molecule has 2 fully saturated rings. The molecule has 4 atom stereocenters. The van der Waals surface area contributed by atoms with Gasteiger partial charge in [0, 0.05) is 57.1 Å². The van der Waals surface area contributed by atoms with Crippen molar-refractivity contribution in [2.24, 2.45) is 5.92 Å². The van der Waals surface area contributed by atoms with Gasteiger partial charge >= 0.3 is 30.2 Å². The fourth-order valence-corrected chi connectivity index (χ4v) is 8.62. The number of nitrogens with zero attached hydrogens (tertiary/aromatic N) is 2. The van der Waals surface area contributed by atoms with Crippen LogP contribution in [-0.2, 0) is 49.5 Å². The van der Waals surface area contributed by atoms with Crippen molar-refractivity contribution in [1.82, 2.24) is 20.4 Å². The molecular weight excluding hydrogens is 1080 g/mol. The van der Waals surface area contributed by atoms with E-state index in [4.69, 9.17) is 42.6 Å². The van der Waals surface area contributed by atoms with E-state index in [1.807, 2.05) is 0 Å². The van der Waals surface area contributed by atoms with Crippen molar-refractivity contribution in [3.8, 4) is 23.0 Å². The van der Waals surface area contributed by atoms with Crippen molar-refractivity contribution in [1.29, 1.82) is 0 Å². The molecule has 0 spiro atoms. The molecule has 2 aliphatic rings. The minimum absolute atomic E-state index is 0.00758. The molecule has 0 saturated carbocycles. The second kappa shape index (κ2) is 30.9. The molecule has 5 rings (SSSR count). The van der Waals surface area contributed by atoms with E-state index in [9.17, 15) is 43.2 Å². The molecule has 2 heterocycles. The lowest BCUT2D eigenvalue weighted by Gasteiger charge is -2.26. The van der Waals surface area contributed by atoms with Crippen molar-refractivity contribution in [3.05, 3.63) is 77.9 Å². The SMILES string of the molecule is C=CCOC(=O)NC(C(=O)NC(C)C(=O)Nc1ccc(COC(=O)Nc2cc(OCCCOc3cc(NC(=O)OC(C)(C)C)c(C(=O)N4CCC[C@@H]4OC(=O)CC)cc3OC)c(OC)cc2C(=O)N2CCC[C@H]2COC(C)=O)cc1)C(C)C. The average molecular weight is 1160 g/mol. The molecule has 7 amide bonds. The van der Waals surface area contributed by atoms with Crippen LogP contribution in [0.5, 0.6) is 23.0 Å². The number of rotatable bonds is 26. The minimum Gasteiger partial charge on any atom is -0.493 e. The van der Waals surface area contributed by atoms with E-state index in [0.717, 1.165) is 0 Å². The Hall–Kier alpha value is -8.77. The van der Waals surface area contributed by atoms with Gasteiger partial charge < -0.3 is 68.4 Å². The van der Waals surface area contributed by atoms with Crippen LogP contribution in [0, 0.1) is 5.92 Å². The van der Waals surface area contributed by atoms with Gasteiger partial charge in [-0.25, -0.2) is 14.4 Å². The monoisotopic (exact) mass is 1160 g/mol. The van der Waals surface area contributed by atoms with E-state index in [0.29, 0.717) is 50.0 Å². The first-order valence-electron chi connectivity index (χ1n) is 27.3. The van der Waals surface area contributed by atoms with Gasteiger partial charge in [0.25, 0.3) is 11.8 Å². The normalized spacial score (nSPS) is 15.4. The number of hydrogen-bond acceptors (Lipinski definition) is 18. The summed E-state index contributed by atoms with van der Waals surface area (Å²) in [6, 6.07) is 9.68. The van der Waals surface area contributed by atoms with Gasteiger partial charge in [-0.15, -0.1) is 0 Å². The molecule has 0 radical (unpaired) electrons. The molecule has 0 aromatic heterocycles. The largest absolute Gasteiger partial charge is 0.493 e.